The molecule has 0 fully saturated rings. The minimum absolute atomic E-state index is 0.110. The molecule has 0 aromatic carbocycles. The first-order valence-corrected chi connectivity index (χ1v) is 7.29. The molecule has 7 heteroatoms. The van der Waals surface area contributed by atoms with E-state index in [4.69, 9.17) is 0 Å². The maximum Gasteiger partial charge on any atom is 0.242 e. The van der Waals surface area contributed by atoms with Crippen LogP contribution in [0, 0.1) is 0 Å². The Balaban J connectivity index is 1.67. The van der Waals surface area contributed by atoms with Crippen molar-refractivity contribution in [2.24, 2.45) is 0 Å². The smallest absolute Gasteiger partial charge is 0.242 e. The van der Waals surface area contributed by atoms with Crippen LogP contribution in [0.2, 0.25) is 0 Å². The minimum Gasteiger partial charge on any atom is -0.349 e. The molecular formula is C14H13N5OS. The Kier molecular flexibility index (Phi) is 4.02. The molecule has 0 atom stereocenters. The Hall–Kier alpha value is -2.54. The summed E-state index contributed by atoms with van der Waals surface area (Å²) < 4.78 is 1.58. The first-order chi connectivity index (χ1) is 10.3. The second-order valence-electron chi connectivity index (χ2n) is 4.31. The average Bonchev–Trinajstić information content (AvgIpc) is 3.18. The molecule has 3 rings (SSSR count). The molecule has 0 aliphatic rings. The third-order valence-electron chi connectivity index (χ3n) is 2.85. The first-order valence-electron chi connectivity index (χ1n) is 6.41. The van der Waals surface area contributed by atoms with Crippen LogP contribution in [0.25, 0.3) is 10.6 Å². The van der Waals surface area contributed by atoms with Crippen molar-refractivity contribution < 1.29 is 4.79 Å². The highest BCUT2D eigenvalue weighted by Crippen LogP contribution is 2.24. The Morgan fingerprint density at radius 3 is 2.90 bits per heavy atom. The van der Waals surface area contributed by atoms with E-state index < -0.39 is 0 Å². The van der Waals surface area contributed by atoms with Gasteiger partial charge in [0.2, 0.25) is 5.91 Å². The molecular weight excluding hydrogens is 286 g/mol. The van der Waals surface area contributed by atoms with Crippen LogP contribution in [-0.4, -0.2) is 25.7 Å². The number of hydrogen-bond donors (Lipinski definition) is 1. The fraction of sp³-hybridized carbons (Fsp3) is 0.143. The molecule has 0 radical (unpaired) electrons. The number of hydrogen-bond acceptors (Lipinski definition) is 5. The second-order valence-corrected chi connectivity index (χ2v) is 5.26. The SMILES string of the molecule is O=C(Cn1cccn1)NCc1nccnc1-c1cccs1. The Labute approximate surface area is 125 Å². The van der Waals surface area contributed by atoms with Crippen LogP contribution in [0.4, 0.5) is 0 Å². The van der Waals surface area contributed by atoms with Gasteiger partial charge in [-0.05, 0) is 17.5 Å². The zero-order chi connectivity index (χ0) is 14.5. The summed E-state index contributed by atoms with van der Waals surface area (Å²) in [5.41, 5.74) is 1.57. The molecule has 106 valence electrons. The summed E-state index contributed by atoms with van der Waals surface area (Å²) in [6.07, 6.45) is 6.68. The van der Waals surface area contributed by atoms with E-state index in [1.807, 2.05) is 17.5 Å². The largest absolute Gasteiger partial charge is 0.349 e. The van der Waals surface area contributed by atoms with Gasteiger partial charge in [0.05, 0.1) is 17.1 Å². The van der Waals surface area contributed by atoms with E-state index in [0.29, 0.717) is 6.54 Å². The topological polar surface area (TPSA) is 72.7 Å². The van der Waals surface area contributed by atoms with E-state index in [1.165, 1.54) is 0 Å². The van der Waals surface area contributed by atoms with E-state index in [0.717, 1.165) is 16.3 Å². The fourth-order valence-electron chi connectivity index (χ4n) is 1.89. The summed E-state index contributed by atoms with van der Waals surface area (Å²) in [5.74, 6) is -0.110. The van der Waals surface area contributed by atoms with Crippen LogP contribution in [0.5, 0.6) is 0 Å². The third kappa shape index (κ3) is 3.32. The lowest BCUT2D eigenvalue weighted by atomic mass is 10.2. The minimum atomic E-state index is -0.110. The van der Waals surface area contributed by atoms with E-state index >= 15 is 0 Å². The van der Waals surface area contributed by atoms with Gasteiger partial charge in [-0.1, -0.05) is 6.07 Å². The lowest BCUT2D eigenvalue weighted by Gasteiger charge is -2.08. The maximum atomic E-state index is 11.9. The Bertz CT molecular complexity index is 709. The number of rotatable bonds is 5. The number of carbonyl (C=O) groups is 1. The number of amides is 1. The van der Waals surface area contributed by atoms with Gasteiger partial charge in [-0.2, -0.15) is 5.10 Å². The average molecular weight is 299 g/mol. The van der Waals surface area contributed by atoms with Crippen molar-refractivity contribution in [3.05, 3.63) is 54.1 Å². The van der Waals surface area contributed by atoms with Crippen LogP contribution in [0.3, 0.4) is 0 Å². The van der Waals surface area contributed by atoms with Gasteiger partial charge in [-0.3, -0.25) is 19.4 Å². The van der Waals surface area contributed by atoms with Crippen LogP contribution in [-0.2, 0) is 17.9 Å². The van der Waals surface area contributed by atoms with Gasteiger partial charge in [0.15, 0.2) is 0 Å². The van der Waals surface area contributed by atoms with Crippen LogP contribution < -0.4 is 5.32 Å². The molecule has 0 spiro atoms. The highest BCUT2D eigenvalue weighted by molar-refractivity contribution is 7.13. The lowest BCUT2D eigenvalue weighted by Crippen LogP contribution is -2.28. The quantitative estimate of drug-likeness (QED) is 0.778. The van der Waals surface area contributed by atoms with Crippen LogP contribution in [0.15, 0.2) is 48.4 Å². The molecule has 3 aromatic heterocycles. The van der Waals surface area contributed by atoms with E-state index in [-0.39, 0.29) is 12.5 Å². The van der Waals surface area contributed by atoms with Gasteiger partial charge in [-0.25, -0.2) is 0 Å². The predicted molar refractivity (Wildman–Crippen MR) is 79.4 cm³/mol. The van der Waals surface area contributed by atoms with Crippen molar-refractivity contribution in [1.29, 1.82) is 0 Å². The summed E-state index contributed by atoms with van der Waals surface area (Å²) in [6.45, 7) is 0.544. The highest BCUT2D eigenvalue weighted by atomic mass is 32.1. The summed E-state index contributed by atoms with van der Waals surface area (Å²) in [5, 5.41) is 8.83. The first kappa shape index (κ1) is 13.4. The van der Waals surface area contributed by atoms with E-state index in [9.17, 15) is 4.79 Å². The summed E-state index contributed by atoms with van der Waals surface area (Å²) in [4.78, 5) is 21.6. The van der Waals surface area contributed by atoms with Crippen molar-refractivity contribution in [1.82, 2.24) is 25.1 Å². The van der Waals surface area contributed by atoms with Gasteiger partial charge >= 0.3 is 0 Å². The van der Waals surface area contributed by atoms with Crippen molar-refractivity contribution >= 4 is 17.2 Å². The van der Waals surface area contributed by atoms with Crippen molar-refractivity contribution in [2.45, 2.75) is 13.1 Å². The molecule has 21 heavy (non-hydrogen) atoms. The third-order valence-corrected chi connectivity index (χ3v) is 3.72. The fourth-order valence-corrected chi connectivity index (χ4v) is 2.64. The molecule has 0 bridgehead atoms. The van der Waals surface area contributed by atoms with E-state index in [2.05, 4.69) is 20.4 Å². The summed E-state index contributed by atoms with van der Waals surface area (Å²) in [7, 11) is 0. The molecule has 0 saturated carbocycles. The van der Waals surface area contributed by atoms with Gasteiger partial charge in [0.25, 0.3) is 0 Å². The zero-order valence-corrected chi connectivity index (χ0v) is 12.0. The number of thiophene rings is 1. The number of aromatic nitrogens is 4. The number of carbonyl (C=O) groups excluding carboxylic acids is 1. The van der Waals surface area contributed by atoms with E-state index in [1.54, 1.807) is 46.9 Å². The van der Waals surface area contributed by atoms with Gasteiger partial charge in [0.1, 0.15) is 12.2 Å². The standard InChI is InChI=1S/C14H13N5OS/c20-13(10-19-7-2-4-18-19)17-9-11-14(16-6-5-15-11)12-3-1-8-21-12/h1-8H,9-10H2,(H,17,20). The van der Waals surface area contributed by atoms with Gasteiger partial charge in [-0.15, -0.1) is 11.3 Å². The maximum absolute atomic E-state index is 11.9. The Morgan fingerprint density at radius 1 is 1.24 bits per heavy atom. The molecule has 0 aliphatic heterocycles. The molecule has 1 N–H and O–H groups in total. The number of nitrogens with zero attached hydrogens (tertiary/aromatic N) is 4. The predicted octanol–water partition coefficient (Wildman–Crippen LogP) is 1.72. The molecule has 0 saturated heterocycles. The molecule has 3 aromatic rings. The number of nitrogens with one attached hydrogen (secondary N) is 1. The summed E-state index contributed by atoms with van der Waals surface area (Å²) >= 11 is 1.60. The molecule has 3 heterocycles. The zero-order valence-electron chi connectivity index (χ0n) is 11.1. The highest BCUT2D eigenvalue weighted by Gasteiger charge is 2.10. The molecule has 0 aliphatic carbocycles. The second kappa shape index (κ2) is 6.27. The molecule has 6 nitrogen and oxygen atoms in total. The summed E-state index contributed by atoms with van der Waals surface area (Å²) in [6, 6.07) is 5.74. The monoisotopic (exact) mass is 299 g/mol. The van der Waals surface area contributed by atoms with Crippen molar-refractivity contribution in [3.63, 3.8) is 0 Å². The van der Waals surface area contributed by atoms with Crippen molar-refractivity contribution in [3.8, 4) is 10.6 Å². The van der Waals surface area contributed by atoms with Gasteiger partial charge in [0, 0.05) is 24.8 Å². The van der Waals surface area contributed by atoms with Crippen LogP contribution >= 0.6 is 11.3 Å². The Morgan fingerprint density at radius 2 is 2.14 bits per heavy atom. The van der Waals surface area contributed by atoms with Crippen LogP contribution in [0.1, 0.15) is 5.69 Å². The van der Waals surface area contributed by atoms with Crippen molar-refractivity contribution in [2.75, 3.05) is 0 Å². The van der Waals surface area contributed by atoms with Gasteiger partial charge < -0.3 is 5.32 Å². The lowest BCUT2D eigenvalue weighted by molar-refractivity contribution is -0.122. The normalized spacial score (nSPS) is 10.5. The molecule has 1 amide bonds. The molecule has 0 unspecified atom stereocenters.